The Morgan fingerprint density at radius 2 is 2.00 bits per heavy atom. The maximum Gasteiger partial charge on any atom is 0.261 e. The van der Waals surface area contributed by atoms with Crippen LogP contribution in [-0.2, 0) is 6.42 Å². The van der Waals surface area contributed by atoms with Gasteiger partial charge >= 0.3 is 0 Å². The molecule has 0 saturated carbocycles. The van der Waals surface area contributed by atoms with Crippen molar-refractivity contribution in [3.05, 3.63) is 57.8 Å². The monoisotopic (exact) mass is 289 g/mol. The predicted molar refractivity (Wildman–Crippen MR) is 82.1 cm³/mol. The molecule has 0 saturated heterocycles. The number of aliphatic hydroxyl groups is 1. The van der Waals surface area contributed by atoms with E-state index in [1.165, 1.54) is 11.3 Å². The summed E-state index contributed by atoms with van der Waals surface area (Å²) in [5, 5.41) is 14.9. The van der Waals surface area contributed by atoms with Crippen LogP contribution in [0.3, 0.4) is 0 Å². The first-order valence-electron chi connectivity index (χ1n) is 6.65. The number of aryl methyl sites for hydroxylation is 1. The SMILES string of the molecule is Cc1ccsc1C(=O)NC(C)C(O)Cc1ccccc1. The molecule has 0 spiro atoms. The Kier molecular flexibility index (Phi) is 4.93. The molecule has 2 N–H and O–H groups in total. The molecule has 20 heavy (non-hydrogen) atoms. The number of thiophene rings is 1. The quantitative estimate of drug-likeness (QED) is 0.889. The van der Waals surface area contributed by atoms with E-state index in [0.717, 1.165) is 11.1 Å². The number of aliphatic hydroxyl groups excluding tert-OH is 1. The van der Waals surface area contributed by atoms with Crippen LogP contribution in [0, 0.1) is 6.92 Å². The van der Waals surface area contributed by atoms with Crippen molar-refractivity contribution in [3.63, 3.8) is 0 Å². The maximum absolute atomic E-state index is 12.1. The number of amides is 1. The fourth-order valence-corrected chi connectivity index (χ4v) is 2.83. The summed E-state index contributed by atoms with van der Waals surface area (Å²) in [6, 6.07) is 11.4. The average molecular weight is 289 g/mol. The van der Waals surface area contributed by atoms with Gasteiger partial charge in [0, 0.05) is 6.42 Å². The second-order valence-electron chi connectivity index (χ2n) is 4.95. The molecule has 0 aliphatic carbocycles. The van der Waals surface area contributed by atoms with Gasteiger partial charge in [-0.05, 0) is 36.4 Å². The third-order valence-electron chi connectivity index (χ3n) is 3.29. The van der Waals surface area contributed by atoms with Crippen LogP contribution >= 0.6 is 11.3 Å². The molecule has 2 unspecified atom stereocenters. The van der Waals surface area contributed by atoms with Crippen molar-refractivity contribution in [2.75, 3.05) is 0 Å². The van der Waals surface area contributed by atoms with Crippen LogP contribution in [0.25, 0.3) is 0 Å². The second-order valence-corrected chi connectivity index (χ2v) is 5.87. The molecule has 1 heterocycles. The molecule has 106 valence electrons. The minimum Gasteiger partial charge on any atom is -0.391 e. The fraction of sp³-hybridized carbons (Fsp3) is 0.312. The lowest BCUT2D eigenvalue weighted by Gasteiger charge is -2.20. The largest absolute Gasteiger partial charge is 0.391 e. The molecule has 0 bridgehead atoms. The van der Waals surface area contributed by atoms with Crippen LogP contribution in [0.1, 0.15) is 27.7 Å². The van der Waals surface area contributed by atoms with Gasteiger partial charge in [0.2, 0.25) is 0 Å². The van der Waals surface area contributed by atoms with Crippen LogP contribution in [-0.4, -0.2) is 23.2 Å². The van der Waals surface area contributed by atoms with Gasteiger partial charge in [-0.25, -0.2) is 0 Å². The van der Waals surface area contributed by atoms with Gasteiger partial charge in [-0.1, -0.05) is 30.3 Å². The van der Waals surface area contributed by atoms with Gasteiger partial charge < -0.3 is 10.4 Å². The number of hydrogen-bond donors (Lipinski definition) is 2. The topological polar surface area (TPSA) is 49.3 Å². The molecule has 0 aliphatic rings. The lowest BCUT2D eigenvalue weighted by molar-refractivity contribution is 0.0855. The normalized spacial score (nSPS) is 13.8. The summed E-state index contributed by atoms with van der Waals surface area (Å²) in [7, 11) is 0. The summed E-state index contributed by atoms with van der Waals surface area (Å²) in [4.78, 5) is 12.8. The number of carbonyl (C=O) groups is 1. The van der Waals surface area contributed by atoms with Gasteiger partial charge in [-0.15, -0.1) is 11.3 Å². The first-order chi connectivity index (χ1) is 9.58. The molecule has 0 radical (unpaired) electrons. The molecule has 2 atom stereocenters. The van der Waals surface area contributed by atoms with E-state index >= 15 is 0 Å². The zero-order valence-electron chi connectivity index (χ0n) is 11.7. The minimum absolute atomic E-state index is 0.114. The first kappa shape index (κ1) is 14.8. The lowest BCUT2D eigenvalue weighted by Crippen LogP contribution is -2.42. The van der Waals surface area contributed by atoms with Crippen molar-refractivity contribution < 1.29 is 9.90 Å². The van der Waals surface area contributed by atoms with Gasteiger partial charge in [0.25, 0.3) is 5.91 Å². The average Bonchev–Trinajstić information content (AvgIpc) is 2.86. The Morgan fingerprint density at radius 1 is 1.30 bits per heavy atom. The molecule has 1 amide bonds. The Hall–Kier alpha value is -1.65. The highest BCUT2D eigenvalue weighted by atomic mass is 32.1. The third kappa shape index (κ3) is 3.68. The number of carbonyl (C=O) groups excluding carboxylic acids is 1. The van der Waals surface area contributed by atoms with E-state index < -0.39 is 6.10 Å². The second kappa shape index (κ2) is 6.68. The van der Waals surface area contributed by atoms with Gasteiger partial charge in [-0.3, -0.25) is 4.79 Å². The molecule has 1 aromatic heterocycles. The zero-order valence-corrected chi connectivity index (χ0v) is 12.5. The first-order valence-corrected chi connectivity index (χ1v) is 7.53. The van der Waals surface area contributed by atoms with Crippen molar-refractivity contribution >= 4 is 17.2 Å². The van der Waals surface area contributed by atoms with Crippen LogP contribution < -0.4 is 5.32 Å². The molecule has 2 rings (SSSR count). The van der Waals surface area contributed by atoms with Crippen molar-refractivity contribution in [2.45, 2.75) is 32.4 Å². The number of nitrogens with one attached hydrogen (secondary N) is 1. The summed E-state index contributed by atoms with van der Waals surface area (Å²) < 4.78 is 0. The molecular weight excluding hydrogens is 270 g/mol. The fourth-order valence-electron chi connectivity index (χ4n) is 2.01. The Labute approximate surface area is 123 Å². The van der Waals surface area contributed by atoms with E-state index in [1.807, 2.05) is 55.6 Å². The Bertz CT molecular complexity index is 565. The predicted octanol–water partition coefficient (Wildman–Crippen LogP) is 2.78. The Balaban J connectivity index is 1.93. The summed E-state index contributed by atoms with van der Waals surface area (Å²) in [6.07, 6.45) is -0.0623. The summed E-state index contributed by atoms with van der Waals surface area (Å²) in [5.41, 5.74) is 2.03. The van der Waals surface area contributed by atoms with Crippen LogP contribution in [0.5, 0.6) is 0 Å². The molecule has 0 fully saturated rings. The van der Waals surface area contributed by atoms with Gasteiger partial charge in [-0.2, -0.15) is 0 Å². The number of hydrogen-bond acceptors (Lipinski definition) is 3. The van der Waals surface area contributed by atoms with Crippen molar-refractivity contribution in [2.24, 2.45) is 0 Å². The molecule has 4 heteroatoms. The molecular formula is C16H19NO2S. The molecule has 0 aliphatic heterocycles. The van der Waals surface area contributed by atoms with Crippen molar-refractivity contribution in [1.29, 1.82) is 0 Å². The highest BCUT2D eigenvalue weighted by Crippen LogP contribution is 2.15. The standard InChI is InChI=1S/C16H19NO2S/c1-11-8-9-20-15(11)16(19)17-12(2)14(18)10-13-6-4-3-5-7-13/h3-9,12,14,18H,10H2,1-2H3,(H,17,19). The van der Waals surface area contributed by atoms with E-state index in [0.29, 0.717) is 11.3 Å². The van der Waals surface area contributed by atoms with Crippen LogP contribution in [0.2, 0.25) is 0 Å². The van der Waals surface area contributed by atoms with Crippen LogP contribution in [0.15, 0.2) is 41.8 Å². The van der Waals surface area contributed by atoms with Gasteiger partial charge in [0.15, 0.2) is 0 Å². The number of rotatable bonds is 5. The van der Waals surface area contributed by atoms with Crippen LogP contribution in [0.4, 0.5) is 0 Å². The van der Waals surface area contributed by atoms with Gasteiger partial charge in [0.05, 0.1) is 17.0 Å². The summed E-state index contributed by atoms with van der Waals surface area (Å²) >= 11 is 1.42. The lowest BCUT2D eigenvalue weighted by atomic mass is 10.0. The highest BCUT2D eigenvalue weighted by Gasteiger charge is 2.19. The summed E-state index contributed by atoms with van der Waals surface area (Å²) in [5.74, 6) is -0.114. The van der Waals surface area contributed by atoms with Crippen molar-refractivity contribution in [1.82, 2.24) is 5.32 Å². The zero-order chi connectivity index (χ0) is 14.5. The number of benzene rings is 1. The Morgan fingerprint density at radius 3 is 2.60 bits per heavy atom. The van der Waals surface area contributed by atoms with E-state index in [1.54, 1.807) is 0 Å². The van der Waals surface area contributed by atoms with Crippen molar-refractivity contribution in [3.8, 4) is 0 Å². The van der Waals surface area contributed by atoms with E-state index in [-0.39, 0.29) is 11.9 Å². The maximum atomic E-state index is 12.1. The molecule has 2 aromatic rings. The van der Waals surface area contributed by atoms with Gasteiger partial charge in [0.1, 0.15) is 0 Å². The third-order valence-corrected chi connectivity index (χ3v) is 4.31. The van der Waals surface area contributed by atoms with E-state index in [2.05, 4.69) is 5.32 Å². The van der Waals surface area contributed by atoms with E-state index in [4.69, 9.17) is 0 Å². The molecule has 3 nitrogen and oxygen atoms in total. The molecule has 1 aromatic carbocycles. The smallest absolute Gasteiger partial charge is 0.261 e. The summed E-state index contributed by atoms with van der Waals surface area (Å²) in [6.45, 7) is 3.74. The minimum atomic E-state index is -0.596. The van der Waals surface area contributed by atoms with E-state index in [9.17, 15) is 9.90 Å². The highest BCUT2D eigenvalue weighted by molar-refractivity contribution is 7.12.